The second-order valence-electron chi connectivity index (χ2n) is 7.44. The van der Waals surface area contributed by atoms with Gasteiger partial charge < -0.3 is 5.32 Å². The molecule has 0 amide bonds. The molecular weight excluding hydrogens is 391 g/mol. The van der Waals surface area contributed by atoms with E-state index in [-0.39, 0.29) is 11.7 Å². The number of carbonyl (C=O) groups is 1. The van der Waals surface area contributed by atoms with Gasteiger partial charge in [0.15, 0.2) is 5.78 Å². The number of carbonyl (C=O) groups excluding carboxylic acids is 1. The molecule has 1 aliphatic carbocycles. The molecule has 5 heteroatoms. The summed E-state index contributed by atoms with van der Waals surface area (Å²) in [7, 11) is 0. The summed E-state index contributed by atoms with van der Waals surface area (Å²) in [6.07, 6.45) is 2.31. The van der Waals surface area contributed by atoms with Gasteiger partial charge in [0, 0.05) is 50.4 Å². The van der Waals surface area contributed by atoms with Crippen molar-refractivity contribution in [2.45, 2.75) is 32.1 Å². The molecule has 0 saturated heterocycles. The molecule has 1 aromatic heterocycles. The van der Waals surface area contributed by atoms with Gasteiger partial charge in [-0.25, -0.2) is 0 Å². The molecule has 0 fully saturated rings. The van der Waals surface area contributed by atoms with E-state index in [1.165, 1.54) is 0 Å². The van der Waals surface area contributed by atoms with Crippen molar-refractivity contribution in [3.05, 3.63) is 80.6 Å². The number of anilines is 1. The molecule has 0 unspecified atom stereocenters. The first-order chi connectivity index (χ1) is 13.5. The molecule has 5 rings (SSSR count). The molecule has 140 valence electrons. The highest BCUT2D eigenvalue weighted by Crippen LogP contribution is 2.49. The quantitative estimate of drug-likeness (QED) is 0.505. The van der Waals surface area contributed by atoms with E-state index in [4.69, 9.17) is 23.2 Å². The van der Waals surface area contributed by atoms with Gasteiger partial charge in [-0.3, -0.25) is 9.78 Å². The van der Waals surface area contributed by atoms with E-state index in [1.807, 2.05) is 31.2 Å². The molecule has 1 aliphatic heterocycles. The zero-order valence-corrected chi connectivity index (χ0v) is 16.9. The highest BCUT2D eigenvalue weighted by atomic mass is 35.5. The Morgan fingerprint density at radius 1 is 1.07 bits per heavy atom. The van der Waals surface area contributed by atoms with Crippen molar-refractivity contribution in [1.29, 1.82) is 0 Å². The van der Waals surface area contributed by atoms with Gasteiger partial charge in [-0.2, -0.15) is 0 Å². The molecule has 2 heterocycles. The highest BCUT2D eigenvalue weighted by molar-refractivity contribution is 6.35. The lowest BCUT2D eigenvalue weighted by molar-refractivity contribution is -0.116. The van der Waals surface area contributed by atoms with E-state index < -0.39 is 0 Å². The van der Waals surface area contributed by atoms with E-state index in [1.54, 1.807) is 6.07 Å². The summed E-state index contributed by atoms with van der Waals surface area (Å²) >= 11 is 12.8. The van der Waals surface area contributed by atoms with E-state index in [0.29, 0.717) is 16.5 Å². The SMILES string of the molecule is Cc1ccc2c3c(ccc2n1)NC1=C(C(=O)CCC1)[C@@H]3c1ccc(Cl)cc1Cl. The predicted octanol–water partition coefficient (Wildman–Crippen LogP) is 6.41. The van der Waals surface area contributed by atoms with Crippen LogP contribution in [0.15, 0.2) is 53.7 Å². The van der Waals surface area contributed by atoms with Crippen LogP contribution in [0.1, 0.15) is 42.0 Å². The number of nitrogens with one attached hydrogen (secondary N) is 1. The van der Waals surface area contributed by atoms with Crippen LogP contribution in [0, 0.1) is 6.92 Å². The monoisotopic (exact) mass is 408 g/mol. The van der Waals surface area contributed by atoms with Gasteiger partial charge in [0.05, 0.1) is 5.52 Å². The first kappa shape index (κ1) is 17.7. The number of ketones is 1. The molecule has 2 aromatic carbocycles. The summed E-state index contributed by atoms with van der Waals surface area (Å²) in [5, 5.41) is 5.73. The standard InChI is InChI=1S/C23H18Cl2N2O/c1-12-5-7-15-17(26-12)9-10-19-21(15)22(14-8-6-13(24)11-16(14)25)23-18(27-19)3-2-4-20(23)28/h5-11,22,27H,2-4H2,1H3/t22-/m1/s1. The number of aryl methyl sites for hydroxylation is 1. The lowest BCUT2D eigenvalue weighted by atomic mass is 9.74. The van der Waals surface area contributed by atoms with Gasteiger partial charge in [0.2, 0.25) is 0 Å². The summed E-state index contributed by atoms with van der Waals surface area (Å²) in [6.45, 7) is 1.98. The molecular formula is C23H18Cl2N2O. The Kier molecular flexibility index (Phi) is 4.18. The number of aromatic nitrogens is 1. The van der Waals surface area contributed by atoms with Crippen molar-refractivity contribution in [1.82, 2.24) is 4.98 Å². The Morgan fingerprint density at radius 3 is 2.75 bits per heavy atom. The van der Waals surface area contributed by atoms with E-state index in [2.05, 4.69) is 22.4 Å². The fourth-order valence-corrected chi connectivity index (χ4v) is 4.95. The number of pyridine rings is 1. The van der Waals surface area contributed by atoms with Gasteiger partial charge in [-0.05, 0) is 61.2 Å². The Labute approximate surface area is 173 Å². The number of rotatable bonds is 1. The van der Waals surface area contributed by atoms with Crippen molar-refractivity contribution in [2.75, 3.05) is 5.32 Å². The summed E-state index contributed by atoms with van der Waals surface area (Å²) in [4.78, 5) is 17.7. The number of hydrogen-bond donors (Lipinski definition) is 1. The number of nitrogens with zero attached hydrogens (tertiary/aromatic N) is 1. The third-order valence-electron chi connectivity index (χ3n) is 5.64. The Morgan fingerprint density at radius 2 is 1.93 bits per heavy atom. The molecule has 3 aromatic rings. The van der Waals surface area contributed by atoms with Gasteiger partial charge in [0.1, 0.15) is 0 Å². The Hall–Kier alpha value is -2.36. The fourth-order valence-electron chi connectivity index (χ4n) is 4.43. The van der Waals surface area contributed by atoms with Crippen LogP contribution in [-0.2, 0) is 4.79 Å². The number of halogens is 2. The maximum Gasteiger partial charge on any atom is 0.161 e. The van der Waals surface area contributed by atoms with Crippen LogP contribution in [0.2, 0.25) is 10.0 Å². The van der Waals surface area contributed by atoms with E-state index in [9.17, 15) is 4.79 Å². The van der Waals surface area contributed by atoms with Crippen LogP contribution >= 0.6 is 23.2 Å². The van der Waals surface area contributed by atoms with Gasteiger partial charge in [-0.15, -0.1) is 0 Å². The van der Waals surface area contributed by atoms with Crippen LogP contribution in [0.5, 0.6) is 0 Å². The van der Waals surface area contributed by atoms with Crippen molar-refractivity contribution < 1.29 is 4.79 Å². The minimum absolute atomic E-state index is 0.187. The fraction of sp³-hybridized carbons (Fsp3) is 0.217. The number of allylic oxidation sites excluding steroid dienone is 2. The molecule has 3 nitrogen and oxygen atoms in total. The normalized spacial score (nSPS) is 18.7. The van der Waals surface area contributed by atoms with E-state index in [0.717, 1.165) is 57.5 Å². The summed E-state index contributed by atoms with van der Waals surface area (Å²) in [5.74, 6) is -0.0375. The lowest BCUT2D eigenvalue weighted by Crippen LogP contribution is -2.27. The van der Waals surface area contributed by atoms with Crippen LogP contribution in [0.4, 0.5) is 5.69 Å². The van der Waals surface area contributed by atoms with Gasteiger partial charge in [-0.1, -0.05) is 35.3 Å². The molecule has 0 bridgehead atoms. The largest absolute Gasteiger partial charge is 0.358 e. The summed E-state index contributed by atoms with van der Waals surface area (Å²) in [5.41, 5.74) is 6.71. The molecule has 28 heavy (non-hydrogen) atoms. The lowest BCUT2D eigenvalue weighted by Gasteiger charge is -2.35. The third-order valence-corrected chi connectivity index (χ3v) is 6.21. The molecule has 0 saturated carbocycles. The van der Waals surface area contributed by atoms with Crippen LogP contribution in [0.3, 0.4) is 0 Å². The van der Waals surface area contributed by atoms with E-state index >= 15 is 0 Å². The van der Waals surface area contributed by atoms with Crippen LogP contribution < -0.4 is 5.32 Å². The molecule has 0 radical (unpaired) electrons. The number of fused-ring (bicyclic) bond motifs is 3. The maximum absolute atomic E-state index is 13.0. The zero-order valence-electron chi connectivity index (χ0n) is 15.4. The highest BCUT2D eigenvalue weighted by Gasteiger charge is 2.37. The Balaban J connectivity index is 1.85. The Bertz CT molecular complexity index is 1180. The van der Waals surface area contributed by atoms with Gasteiger partial charge >= 0.3 is 0 Å². The second kappa shape index (κ2) is 6.61. The van der Waals surface area contributed by atoms with Gasteiger partial charge in [0.25, 0.3) is 0 Å². The third kappa shape index (κ3) is 2.73. The summed E-state index contributed by atoms with van der Waals surface area (Å²) in [6, 6.07) is 13.7. The van der Waals surface area contributed by atoms with Crippen molar-refractivity contribution in [2.24, 2.45) is 0 Å². The smallest absolute Gasteiger partial charge is 0.161 e. The number of hydrogen-bond acceptors (Lipinski definition) is 3. The molecule has 0 spiro atoms. The first-order valence-electron chi connectivity index (χ1n) is 9.41. The topological polar surface area (TPSA) is 42.0 Å². The van der Waals surface area contributed by atoms with Crippen molar-refractivity contribution in [3.8, 4) is 0 Å². The molecule has 1 N–H and O–H groups in total. The molecule has 1 atom stereocenters. The second-order valence-corrected chi connectivity index (χ2v) is 8.28. The number of benzene rings is 2. The summed E-state index contributed by atoms with van der Waals surface area (Å²) < 4.78 is 0. The number of Topliss-reactive ketones (excluding diaryl/α,β-unsaturated/α-hetero) is 1. The predicted molar refractivity (Wildman–Crippen MR) is 114 cm³/mol. The maximum atomic E-state index is 13.0. The first-order valence-corrected chi connectivity index (χ1v) is 10.2. The zero-order chi connectivity index (χ0) is 19.4. The van der Waals surface area contributed by atoms with Crippen molar-refractivity contribution in [3.63, 3.8) is 0 Å². The minimum Gasteiger partial charge on any atom is -0.358 e. The van der Waals surface area contributed by atoms with Crippen molar-refractivity contribution >= 4 is 45.6 Å². The van der Waals surface area contributed by atoms with Crippen LogP contribution in [-0.4, -0.2) is 10.8 Å². The minimum atomic E-state index is -0.225. The average molecular weight is 409 g/mol. The molecule has 2 aliphatic rings. The van der Waals surface area contributed by atoms with Crippen LogP contribution in [0.25, 0.3) is 10.9 Å². The average Bonchev–Trinajstić information content (AvgIpc) is 2.66.